The summed E-state index contributed by atoms with van der Waals surface area (Å²) in [6.07, 6.45) is 3.79. The number of rotatable bonds is 6. The molecule has 0 radical (unpaired) electrons. The summed E-state index contributed by atoms with van der Waals surface area (Å²) in [4.78, 5) is 2.32. The van der Waals surface area contributed by atoms with Crippen molar-refractivity contribution in [1.82, 2.24) is 4.90 Å². The Kier molecular flexibility index (Phi) is 6.66. The lowest BCUT2D eigenvalue weighted by Gasteiger charge is -2.37. The van der Waals surface area contributed by atoms with E-state index in [1.165, 1.54) is 18.6 Å². The van der Waals surface area contributed by atoms with Crippen molar-refractivity contribution in [2.45, 2.75) is 52.2 Å². The molecule has 1 saturated heterocycles. The summed E-state index contributed by atoms with van der Waals surface area (Å²) < 4.78 is 6.12. The van der Waals surface area contributed by atoms with Crippen molar-refractivity contribution in [2.75, 3.05) is 31.3 Å². The first-order chi connectivity index (χ1) is 9.56. The summed E-state index contributed by atoms with van der Waals surface area (Å²) in [5.74, 6) is 4.37. The Balaban J connectivity index is 1.74. The van der Waals surface area contributed by atoms with Gasteiger partial charge in [0, 0.05) is 24.7 Å². The minimum absolute atomic E-state index is 0.334. The zero-order valence-electron chi connectivity index (χ0n) is 13.3. The van der Waals surface area contributed by atoms with Crippen molar-refractivity contribution < 1.29 is 9.84 Å². The van der Waals surface area contributed by atoms with E-state index in [4.69, 9.17) is 4.74 Å². The van der Waals surface area contributed by atoms with Crippen LogP contribution in [0.25, 0.3) is 0 Å². The molecular formula is C16H31NO2S. The molecule has 0 spiro atoms. The van der Waals surface area contributed by atoms with Gasteiger partial charge in [-0.05, 0) is 30.6 Å². The third-order valence-electron chi connectivity index (χ3n) is 4.76. The first-order valence-corrected chi connectivity index (χ1v) is 9.31. The van der Waals surface area contributed by atoms with Crippen molar-refractivity contribution in [3.8, 4) is 0 Å². The summed E-state index contributed by atoms with van der Waals surface area (Å²) in [5, 5.41) is 10.2. The Morgan fingerprint density at radius 3 is 2.80 bits per heavy atom. The predicted molar refractivity (Wildman–Crippen MR) is 86.0 cm³/mol. The smallest absolute Gasteiger partial charge is 0.0900 e. The van der Waals surface area contributed by atoms with Crippen LogP contribution in [0, 0.1) is 17.8 Å². The molecule has 0 bridgehead atoms. The van der Waals surface area contributed by atoms with E-state index in [0.717, 1.165) is 31.3 Å². The van der Waals surface area contributed by atoms with Gasteiger partial charge in [0.25, 0.3) is 0 Å². The first kappa shape index (κ1) is 16.6. The van der Waals surface area contributed by atoms with Crippen LogP contribution in [0.15, 0.2) is 0 Å². The van der Waals surface area contributed by atoms with Crippen LogP contribution in [0.1, 0.15) is 40.0 Å². The van der Waals surface area contributed by atoms with Crippen LogP contribution >= 0.6 is 11.8 Å². The normalized spacial score (nSPS) is 33.8. The Bertz CT molecular complexity index is 282. The molecule has 2 aliphatic rings. The van der Waals surface area contributed by atoms with Crippen LogP contribution in [0.3, 0.4) is 0 Å². The highest BCUT2D eigenvalue weighted by molar-refractivity contribution is 7.99. The lowest BCUT2D eigenvalue weighted by molar-refractivity contribution is -0.0727. The molecule has 20 heavy (non-hydrogen) atoms. The largest absolute Gasteiger partial charge is 0.389 e. The third-order valence-corrected chi connectivity index (χ3v) is 5.78. The van der Waals surface area contributed by atoms with Gasteiger partial charge >= 0.3 is 0 Å². The van der Waals surface area contributed by atoms with E-state index in [1.807, 2.05) is 11.8 Å². The van der Waals surface area contributed by atoms with Crippen LogP contribution in [-0.4, -0.2) is 53.5 Å². The van der Waals surface area contributed by atoms with E-state index >= 15 is 0 Å². The van der Waals surface area contributed by atoms with Gasteiger partial charge in [0.2, 0.25) is 0 Å². The Morgan fingerprint density at radius 2 is 2.15 bits per heavy atom. The summed E-state index contributed by atoms with van der Waals surface area (Å²) in [6, 6.07) is 0. The van der Waals surface area contributed by atoms with Gasteiger partial charge < -0.3 is 9.84 Å². The molecule has 1 aliphatic carbocycles. The average molecular weight is 301 g/mol. The first-order valence-electron chi connectivity index (χ1n) is 8.16. The van der Waals surface area contributed by atoms with Crippen LogP contribution in [0.4, 0.5) is 0 Å². The predicted octanol–water partition coefficient (Wildman–Crippen LogP) is 2.83. The van der Waals surface area contributed by atoms with Crippen LogP contribution in [-0.2, 0) is 4.74 Å². The fourth-order valence-electron chi connectivity index (χ4n) is 3.49. The molecule has 1 N–H and O–H groups in total. The van der Waals surface area contributed by atoms with Crippen molar-refractivity contribution >= 4 is 11.8 Å². The molecule has 2 rings (SSSR count). The average Bonchev–Trinajstić information content (AvgIpc) is 2.89. The fraction of sp³-hybridized carbons (Fsp3) is 1.00. The fourth-order valence-corrected chi connectivity index (χ4v) is 4.50. The molecule has 3 nitrogen and oxygen atoms in total. The second kappa shape index (κ2) is 8.02. The molecule has 0 aromatic carbocycles. The lowest BCUT2D eigenvalue weighted by Crippen LogP contribution is -2.38. The maximum absolute atomic E-state index is 10.2. The number of thioether (sulfide) groups is 1. The highest BCUT2D eigenvalue weighted by atomic mass is 32.2. The molecular weight excluding hydrogens is 270 g/mol. The number of β-amino-alcohol motifs (C(OH)–C–C–N with tert-alkyl or cyclic N) is 1. The van der Waals surface area contributed by atoms with Crippen LogP contribution < -0.4 is 0 Å². The molecule has 1 heterocycles. The van der Waals surface area contributed by atoms with Crippen LogP contribution in [0.2, 0.25) is 0 Å². The maximum atomic E-state index is 10.2. The van der Waals surface area contributed by atoms with E-state index < -0.39 is 0 Å². The maximum Gasteiger partial charge on any atom is 0.0900 e. The van der Waals surface area contributed by atoms with Crippen molar-refractivity contribution in [1.29, 1.82) is 0 Å². The highest BCUT2D eigenvalue weighted by Gasteiger charge is 2.31. The van der Waals surface area contributed by atoms with E-state index in [0.29, 0.717) is 24.5 Å². The Morgan fingerprint density at radius 1 is 1.35 bits per heavy atom. The summed E-state index contributed by atoms with van der Waals surface area (Å²) in [7, 11) is 0. The molecule has 2 fully saturated rings. The van der Waals surface area contributed by atoms with Crippen molar-refractivity contribution in [2.24, 2.45) is 17.8 Å². The van der Waals surface area contributed by atoms with E-state index in [9.17, 15) is 5.11 Å². The van der Waals surface area contributed by atoms with Crippen molar-refractivity contribution in [3.63, 3.8) is 0 Å². The van der Waals surface area contributed by atoms with Crippen molar-refractivity contribution in [3.05, 3.63) is 0 Å². The van der Waals surface area contributed by atoms with Gasteiger partial charge in [-0.25, -0.2) is 0 Å². The molecule has 0 aromatic rings. The van der Waals surface area contributed by atoms with Gasteiger partial charge in [0.1, 0.15) is 0 Å². The van der Waals surface area contributed by atoms with Gasteiger partial charge in [-0.3, -0.25) is 4.90 Å². The van der Waals surface area contributed by atoms with Gasteiger partial charge in [-0.2, -0.15) is 0 Å². The summed E-state index contributed by atoms with van der Waals surface area (Å²) in [5.41, 5.74) is 0. The SMILES string of the molecule is CC1CCC(C(C)C)C(OCC(O)CN2CCSC2)C1. The standard InChI is InChI=1S/C16H31NO2S/c1-12(2)15-5-4-13(3)8-16(15)19-10-14(18)9-17-6-7-20-11-17/h12-16,18H,4-11H2,1-3H3. The quantitative estimate of drug-likeness (QED) is 0.818. The van der Waals surface area contributed by atoms with E-state index in [2.05, 4.69) is 25.7 Å². The molecule has 4 heteroatoms. The zero-order chi connectivity index (χ0) is 14.5. The Hall–Kier alpha value is 0.230. The molecule has 1 saturated carbocycles. The number of nitrogens with zero attached hydrogens (tertiary/aromatic N) is 1. The number of aliphatic hydroxyl groups is 1. The minimum Gasteiger partial charge on any atom is -0.389 e. The minimum atomic E-state index is -0.334. The van der Waals surface area contributed by atoms with E-state index in [-0.39, 0.29) is 6.10 Å². The van der Waals surface area contributed by atoms with Crippen LogP contribution in [0.5, 0.6) is 0 Å². The number of aliphatic hydroxyl groups excluding tert-OH is 1. The van der Waals surface area contributed by atoms with Gasteiger partial charge in [-0.1, -0.05) is 27.2 Å². The number of hydrogen-bond donors (Lipinski definition) is 1. The number of hydrogen-bond acceptors (Lipinski definition) is 4. The molecule has 0 aromatic heterocycles. The summed E-state index contributed by atoms with van der Waals surface area (Å²) in [6.45, 7) is 9.30. The molecule has 118 valence electrons. The van der Waals surface area contributed by atoms with Gasteiger partial charge in [-0.15, -0.1) is 11.8 Å². The third kappa shape index (κ3) is 4.90. The second-order valence-electron chi connectivity index (χ2n) is 6.97. The highest BCUT2D eigenvalue weighted by Crippen LogP contribution is 2.35. The van der Waals surface area contributed by atoms with E-state index in [1.54, 1.807) is 0 Å². The molecule has 1 aliphatic heterocycles. The number of ether oxygens (including phenoxy) is 1. The molecule has 4 atom stereocenters. The topological polar surface area (TPSA) is 32.7 Å². The van der Waals surface area contributed by atoms with Gasteiger partial charge in [0.05, 0.1) is 18.8 Å². The monoisotopic (exact) mass is 301 g/mol. The molecule has 0 amide bonds. The zero-order valence-corrected chi connectivity index (χ0v) is 14.1. The lowest BCUT2D eigenvalue weighted by atomic mass is 9.75. The summed E-state index contributed by atoms with van der Waals surface area (Å²) >= 11 is 1.95. The van der Waals surface area contributed by atoms with Gasteiger partial charge in [0.15, 0.2) is 0 Å². The molecule has 4 unspecified atom stereocenters. The Labute approximate surface area is 128 Å². The second-order valence-corrected chi connectivity index (χ2v) is 8.04.